The van der Waals surface area contributed by atoms with E-state index in [4.69, 9.17) is 23.7 Å². The molecule has 460 valence electrons. The molecule has 1 heterocycles. The number of esters is 3. The van der Waals surface area contributed by atoms with Crippen LogP contribution in [0, 0.1) is 0 Å². The first-order valence-electron chi connectivity index (χ1n) is 31.9. The number of aliphatic carboxylic acids is 1. The van der Waals surface area contributed by atoms with E-state index in [0.29, 0.717) is 19.3 Å². The van der Waals surface area contributed by atoms with Crippen molar-refractivity contribution in [1.29, 1.82) is 0 Å². The second kappa shape index (κ2) is 55.9. The molecule has 1 rings (SSSR count). The average Bonchev–Trinajstić information content (AvgIpc) is 3.53. The summed E-state index contributed by atoms with van der Waals surface area (Å²) in [5.41, 5.74) is 0. The Hall–Kier alpha value is -4.62. The molecule has 0 aliphatic carbocycles. The number of carboxylic acids is 1. The second-order valence-electron chi connectivity index (χ2n) is 21.3. The lowest BCUT2D eigenvalue weighted by atomic mass is 9.98. The van der Waals surface area contributed by atoms with E-state index in [2.05, 4.69) is 106 Å². The minimum atomic E-state index is -1.94. The molecule has 3 N–H and O–H groups in total. The molecule has 0 aromatic carbocycles. The topological polar surface area (TPSA) is 175 Å². The van der Waals surface area contributed by atoms with Gasteiger partial charge in [-0.15, -0.1) is 0 Å². The third kappa shape index (κ3) is 45.6. The molecule has 12 nitrogen and oxygen atoms in total. The number of hydrogen-bond acceptors (Lipinski definition) is 11. The quantitative estimate of drug-likeness (QED) is 0.0228. The monoisotopic (exact) mass is 1130 g/mol. The van der Waals surface area contributed by atoms with Crippen molar-refractivity contribution in [1.82, 2.24) is 0 Å². The number of aliphatic hydroxyl groups excluding tert-OH is 2. The van der Waals surface area contributed by atoms with Crippen molar-refractivity contribution in [2.75, 3.05) is 13.2 Å². The van der Waals surface area contributed by atoms with Gasteiger partial charge in [0.1, 0.15) is 18.8 Å². The van der Waals surface area contributed by atoms with E-state index in [9.17, 15) is 34.5 Å². The molecule has 12 heteroatoms. The van der Waals surface area contributed by atoms with Crippen molar-refractivity contribution < 1.29 is 58.2 Å². The highest BCUT2D eigenvalue weighted by Crippen LogP contribution is 2.26. The summed E-state index contributed by atoms with van der Waals surface area (Å²) in [4.78, 5) is 51.2. The van der Waals surface area contributed by atoms with Gasteiger partial charge in [0.15, 0.2) is 24.6 Å². The maximum atomic E-state index is 13.2. The second-order valence-corrected chi connectivity index (χ2v) is 21.3. The van der Waals surface area contributed by atoms with Gasteiger partial charge in [0.05, 0.1) is 13.0 Å². The molecule has 1 aliphatic rings. The van der Waals surface area contributed by atoms with Gasteiger partial charge in [0, 0.05) is 12.8 Å². The van der Waals surface area contributed by atoms with E-state index < -0.39 is 67.3 Å². The molecule has 6 atom stereocenters. The van der Waals surface area contributed by atoms with Crippen LogP contribution in [0.5, 0.6) is 0 Å². The van der Waals surface area contributed by atoms with Gasteiger partial charge < -0.3 is 39.0 Å². The van der Waals surface area contributed by atoms with Crippen LogP contribution in [0.1, 0.15) is 252 Å². The molecule has 6 unspecified atom stereocenters. The van der Waals surface area contributed by atoms with Gasteiger partial charge in [-0.2, -0.15) is 0 Å². The van der Waals surface area contributed by atoms with E-state index in [-0.39, 0.29) is 25.9 Å². The van der Waals surface area contributed by atoms with Gasteiger partial charge in [-0.1, -0.05) is 239 Å². The molecule has 0 bridgehead atoms. The largest absolute Gasteiger partial charge is 0.479 e. The molecule has 0 saturated carbocycles. The maximum absolute atomic E-state index is 13.2. The summed E-state index contributed by atoms with van der Waals surface area (Å²) in [5.74, 6) is -3.30. The van der Waals surface area contributed by atoms with Crippen molar-refractivity contribution in [3.8, 4) is 0 Å². The third-order valence-electron chi connectivity index (χ3n) is 13.8. The molecule has 1 fully saturated rings. The minimum Gasteiger partial charge on any atom is -0.479 e. The van der Waals surface area contributed by atoms with Crippen LogP contribution in [0.15, 0.2) is 109 Å². The van der Waals surface area contributed by atoms with Crippen LogP contribution in [0.25, 0.3) is 0 Å². The van der Waals surface area contributed by atoms with Crippen molar-refractivity contribution in [3.05, 3.63) is 109 Å². The van der Waals surface area contributed by atoms with Gasteiger partial charge in [-0.05, 0) is 103 Å². The summed E-state index contributed by atoms with van der Waals surface area (Å²) < 4.78 is 28.4. The Kier molecular flexibility index (Phi) is 51.3. The molecule has 0 spiro atoms. The van der Waals surface area contributed by atoms with E-state index in [1.54, 1.807) is 12.2 Å². The number of carbonyl (C=O) groups is 4. The highest BCUT2D eigenvalue weighted by atomic mass is 16.7. The van der Waals surface area contributed by atoms with Crippen molar-refractivity contribution in [3.63, 3.8) is 0 Å². The lowest BCUT2D eigenvalue weighted by molar-refractivity contribution is -0.301. The molecule has 1 saturated heterocycles. The van der Waals surface area contributed by atoms with Gasteiger partial charge in [0.2, 0.25) is 0 Å². The zero-order valence-corrected chi connectivity index (χ0v) is 50.7. The summed E-state index contributed by atoms with van der Waals surface area (Å²) in [6.07, 6.45) is 63.6. The Labute approximate surface area is 491 Å². The Morgan fingerprint density at radius 3 is 1.26 bits per heavy atom. The fraction of sp³-hybridized carbons (Fsp3) is 0.681. The van der Waals surface area contributed by atoms with Crippen LogP contribution >= 0.6 is 0 Å². The number of rotatable bonds is 53. The van der Waals surface area contributed by atoms with Crippen LogP contribution in [0.3, 0.4) is 0 Å². The lowest BCUT2D eigenvalue weighted by Crippen LogP contribution is -2.61. The Morgan fingerprint density at radius 1 is 0.432 bits per heavy atom. The highest BCUT2D eigenvalue weighted by Gasteiger charge is 2.50. The van der Waals surface area contributed by atoms with Crippen LogP contribution in [-0.2, 0) is 42.9 Å². The van der Waals surface area contributed by atoms with Crippen LogP contribution in [0.4, 0.5) is 0 Å². The summed E-state index contributed by atoms with van der Waals surface area (Å²) in [6.45, 7) is 5.73. The highest BCUT2D eigenvalue weighted by molar-refractivity contribution is 5.74. The smallest absolute Gasteiger partial charge is 0.335 e. The number of carboxylic acid groups (broad SMARTS) is 1. The standard InChI is InChI=1S/C69H112O12/c1-4-7-10-13-16-19-22-25-28-30-31-33-35-37-40-43-46-49-52-55-61(70)77-58-60(79-62(71)56-53-50-47-44-41-39-36-32-29-26-23-20-17-14-11-8-5-2)59-78-69-67(65(74)64(73)66(81-69)68(75)76)80-63(72)57-54-51-48-45-42-38-34-27-24-21-18-15-12-9-6-3/h8-9,11-12,17-18,20-21,25-29,34,42,45,51,54,60,64-67,69,73-74H,4-7,10,13-16,19,22-24,30-33,35-41,43-44,46-50,52-53,55-59H2,1-3H3,(H,75,76)/b11-8-,12-9-,20-17-,21-18-,28-25-,29-26-,34-27-,45-42-,54-51-. The summed E-state index contributed by atoms with van der Waals surface area (Å²) in [5, 5.41) is 31.5. The normalized spacial score (nSPS) is 18.5. The fourth-order valence-corrected chi connectivity index (χ4v) is 9.04. The number of carbonyl (C=O) groups excluding carboxylic acids is 3. The van der Waals surface area contributed by atoms with E-state index in [1.807, 2.05) is 12.2 Å². The zero-order valence-electron chi connectivity index (χ0n) is 50.7. The maximum Gasteiger partial charge on any atom is 0.335 e. The van der Waals surface area contributed by atoms with Crippen LogP contribution in [-0.4, -0.2) is 89.2 Å². The number of unbranched alkanes of at least 4 members (excludes halogenated alkanes) is 22. The first kappa shape index (κ1) is 74.4. The zero-order chi connectivity index (χ0) is 58.9. The van der Waals surface area contributed by atoms with Crippen molar-refractivity contribution >= 4 is 23.9 Å². The van der Waals surface area contributed by atoms with E-state index in [0.717, 1.165) is 109 Å². The molecule has 0 amide bonds. The Morgan fingerprint density at radius 2 is 0.815 bits per heavy atom. The summed E-state index contributed by atoms with van der Waals surface area (Å²) in [6, 6.07) is 0. The number of aliphatic hydroxyl groups is 2. The minimum absolute atomic E-state index is 0.136. The first-order chi connectivity index (χ1) is 39.6. The SMILES string of the molecule is CC/C=C\C/C=C\C/C=C\C/C=C\C/C=C\CC(=O)OC1C(OCC(COC(=O)CCCCCCCCCCC/C=C\CCCCCCCC)OC(=O)CCCCCCCCC/C=C\C/C=C\C/C=C\CC)OC(C(=O)O)C(O)C1O. The fourth-order valence-electron chi connectivity index (χ4n) is 9.04. The molecule has 81 heavy (non-hydrogen) atoms. The Bertz CT molecular complexity index is 1820. The number of allylic oxidation sites excluding steroid dienone is 17. The van der Waals surface area contributed by atoms with Gasteiger partial charge in [-0.25, -0.2) is 4.79 Å². The number of hydrogen-bond donors (Lipinski definition) is 3. The van der Waals surface area contributed by atoms with E-state index in [1.165, 1.54) is 83.5 Å². The first-order valence-corrected chi connectivity index (χ1v) is 31.9. The molecule has 1 aliphatic heterocycles. The van der Waals surface area contributed by atoms with Crippen LogP contribution in [0.2, 0.25) is 0 Å². The molecular formula is C69H112O12. The van der Waals surface area contributed by atoms with Gasteiger partial charge in [0.25, 0.3) is 0 Å². The van der Waals surface area contributed by atoms with Gasteiger partial charge >= 0.3 is 23.9 Å². The van der Waals surface area contributed by atoms with Crippen molar-refractivity contribution in [2.24, 2.45) is 0 Å². The lowest BCUT2D eigenvalue weighted by Gasteiger charge is -2.40. The third-order valence-corrected chi connectivity index (χ3v) is 13.8. The summed E-state index contributed by atoms with van der Waals surface area (Å²) >= 11 is 0. The average molecular weight is 1130 g/mol. The predicted molar refractivity (Wildman–Crippen MR) is 330 cm³/mol. The van der Waals surface area contributed by atoms with Crippen molar-refractivity contribution in [2.45, 2.75) is 289 Å². The molecule has 0 aromatic heterocycles. The summed E-state index contributed by atoms with van der Waals surface area (Å²) in [7, 11) is 0. The van der Waals surface area contributed by atoms with E-state index >= 15 is 0 Å². The van der Waals surface area contributed by atoms with Crippen LogP contribution < -0.4 is 0 Å². The molecule has 0 aromatic rings. The molecular weight excluding hydrogens is 1020 g/mol. The molecule has 0 radical (unpaired) electrons. The Balaban J connectivity index is 2.71. The van der Waals surface area contributed by atoms with Gasteiger partial charge in [-0.3, -0.25) is 14.4 Å². The number of ether oxygens (including phenoxy) is 5. The predicted octanol–water partition coefficient (Wildman–Crippen LogP) is 17.0.